The van der Waals surface area contributed by atoms with Crippen LogP contribution in [-0.2, 0) is 11.3 Å². The Morgan fingerprint density at radius 3 is 2.65 bits per heavy atom. The lowest BCUT2D eigenvalue weighted by Gasteiger charge is -2.11. The highest BCUT2D eigenvalue weighted by Gasteiger charge is 2.01. The molecule has 1 aromatic rings. The fourth-order valence-electron chi connectivity index (χ4n) is 1.82. The van der Waals surface area contributed by atoms with E-state index in [4.69, 9.17) is 9.47 Å². The van der Waals surface area contributed by atoms with E-state index in [1.54, 1.807) is 14.2 Å². The van der Waals surface area contributed by atoms with Gasteiger partial charge in [-0.1, -0.05) is 12.1 Å². The third kappa shape index (κ3) is 5.48. The number of methoxy groups -OCH3 is 2. The third-order valence-corrected chi connectivity index (χ3v) is 2.82. The van der Waals surface area contributed by atoms with Crippen molar-refractivity contribution in [3.8, 4) is 5.75 Å². The number of rotatable bonds is 7. The molecule has 0 radical (unpaired) electrons. The third-order valence-electron chi connectivity index (χ3n) is 2.82. The van der Waals surface area contributed by atoms with Gasteiger partial charge in [-0.15, -0.1) is 0 Å². The summed E-state index contributed by atoms with van der Waals surface area (Å²) >= 11 is 0. The van der Waals surface area contributed by atoms with Gasteiger partial charge >= 0.3 is 0 Å². The zero-order valence-corrected chi connectivity index (χ0v) is 12.8. The summed E-state index contributed by atoms with van der Waals surface area (Å²) < 4.78 is 10.3. The molecule has 0 saturated carbocycles. The first-order chi connectivity index (χ1) is 9.71. The van der Waals surface area contributed by atoms with Crippen molar-refractivity contribution in [2.75, 3.05) is 33.9 Å². The average Bonchev–Trinajstić information content (AvgIpc) is 2.45. The highest BCUT2D eigenvalue weighted by atomic mass is 16.5. The number of aliphatic imine (C=N–C) groups is 1. The first-order valence-corrected chi connectivity index (χ1v) is 6.85. The minimum absolute atomic E-state index is 0.632. The van der Waals surface area contributed by atoms with Crippen LogP contribution in [0.25, 0.3) is 0 Å². The molecule has 0 unspecified atom stereocenters. The van der Waals surface area contributed by atoms with Crippen LogP contribution in [0.4, 0.5) is 0 Å². The van der Waals surface area contributed by atoms with Gasteiger partial charge in [0.15, 0.2) is 5.96 Å². The van der Waals surface area contributed by atoms with Crippen molar-refractivity contribution in [1.29, 1.82) is 0 Å². The van der Waals surface area contributed by atoms with Crippen LogP contribution in [-0.4, -0.2) is 39.9 Å². The van der Waals surface area contributed by atoms with Gasteiger partial charge in [-0.3, -0.25) is 0 Å². The summed E-state index contributed by atoms with van der Waals surface area (Å²) in [5.41, 5.74) is 2.28. The van der Waals surface area contributed by atoms with Crippen molar-refractivity contribution in [2.24, 2.45) is 4.99 Å². The van der Waals surface area contributed by atoms with Crippen LogP contribution in [0.15, 0.2) is 23.2 Å². The summed E-state index contributed by atoms with van der Waals surface area (Å²) in [5.74, 6) is 1.71. The molecule has 2 N–H and O–H groups in total. The molecular weight excluding hydrogens is 254 g/mol. The first-order valence-electron chi connectivity index (χ1n) is 6.85. The zero-order chi connectivity index (χ0) is 14.8. The van der Waals surface area contributed by atoms with Crippen molar-refractivity contribution in [2.45, 2.75) is 20.4 Å². The van der Waals surface area contributed by atoms with Gasteiger partial charge in [-0.05, 0) is 31.0 Å². The predicted octanol–water partition coefficient (Wildman–Crippen LogP) is 1.71. The standard InChI is InChI=1S/C15H25N3O2/c1-5-16-15(17-8-9-19-3)18-11-13-6-7-14(20-4)12(2)10-13/h6-7,10H,5,8-9,11H2,1-4H3,(H2,16,17,18). The average molecular weight is 279 g/mol. The second kappa shape index (κ2) is 9.20. The quantitative estimate of drug-likeness (QED) is 0.453. The Morgan fingerprint density at radius 1 is 1.25 bits per heavy atom. The smallest absolute Gasteiger partial charge is 0.191 e. The highest BCUT2D eigenvalue weighted by Crippen LogP contribution is 2.18. The molecular formula is C15H25N3O2. The van der Waals surface area contributed by atoms with Gasteiger partial charge in [0.2, 0.25) is 0 Å². The van der Waals surface area contributed by atoms with Gasteiger partial charge in [-0.2, -0.15) is 0 Å². The Hall–Kier alpha value is -1.75. The number of nitrogens with one attached hydrogen (secondary N) is 2. The van der Waals surface area contributed by atoms with Crippen molar-refractivity contribution in [3.63, 3.8) is 0 Å². The summed E-state index contributed by atoms with van der Waals surface area (Å²) in [4.78, 5) is 4.55. The molecule has 0 atom stereocenters. The minimum atomic E-state index is 0.632. The molecule has 20 heavy (non-hydrogen) atoms. The summed E-state index contributed by atoms with van der Waals surface area (Å²) in [5, 5.41) is 6.43. The number of hydrogen-bond donors (Lipinski definition) is 2. The molecule has 5 nitrogen and oxygen atoms in total. The van der Waals surface area contributed by atoms with Gasteiger partial charge in [0.1, 0.15) is 5.75 Å². The van der Waals surface area contributed by atoms with Crippen LogP contribution in [0.1, 0.15) is 18.1 Å². The van der Waals surface area contributed by atoms with Crippen molar-refractivity contribution in [1.82, 2.24) is 10.6 Å². The largest absolute Gasteiger partial charge is 0.496 e. The normalized spacial score (nSPS) is 11.3. The fraction of sp³-hybridized carbons (Fsp3) is 0.533. The number of nitrogens with zero attached hydrogens (tertiary/aromatic N) is 1. The van der Waals surface area contributed by atoms with Gasteiger partial charge < -0.3 is 20.1 Å². The Bertz CT molecular complexity index is 433. The maximum atomic E-state index is 5.26. The second-order valence-corrected chi connectivity index (χ2v) is 4.42. The molecule has 112 valence electrons. The molecule has 0 saturated heterocycles. The molecule has 0 fully saturated rings. The molecule has 0 bridgehead atoms. The van der Waals surface area contributed by atoms with E-state index in [2.05, 4.69) is 21.7 Å². The van der Waals surface area contributed by atoms with Crippen LogP contribution in [0.3, 0.4) is 0 Å². The predicted molar refractivity (Wildman–Crippen MR) is 82.4 cm³/mol. The summed E-state index contributed by atoms with van der Waals surface area (Å²) in [6.07, 6.45) is 0. The number of guanidine groups is 1. The molecule has 5 heteroatoms. The topological polar surface area (TPSA) is 54.9 Å². The fourth-order valence-corrected chi connectivity index (χ4v) is 1.82. The van der Waals surface area contributed by atoms with Crippen LogP contribution >= 0.6 is 0 Å². The molecule has 0 amide bonds. The highest BCUT2D eigenvalue weighted by molar-refractivity contribution is 5.79. The van der Waals surface area contributed by atoms with Crippen LogP contribution in [0.2, 0.25) is 0 Å². The molecule has 0 aliphatic heterocycles. The van der Waals surface area contributed by atoms with Gasteiger partial charge in [0.05, 0.1) is 20.3 Å². The van der Waals surface area contributed by atoms with Crippen molar-refractivity contribution in [3.05, 3.63) is 29.3 Å². The van der Waals surface area contributed by atoms with E-state index < -0.39 is 0 Å². The Balaban J connectivity index is 2.63. The lowest BCUT2D eigenvalue weighted by Crippen LogP contribution is -2.38. The maximum absolute atomic E-state index is 5.26. The van der Waals surface area contributed by atoms with Crippen LogP contribution < -0.4 is 15.4 Å². The van der Waals surface area contributed by atoms with Crippen molar-refractivity contribution < 1.29 is 9.47 Å². The molecule has 0 spiro atoms. The maximum Gasteiger partial charge on any atom is 0.191 e. The molecule has 0 aliphatic carbocycles. The Kier molecular flexibility index (Phi) is 7.50. The van der Waals surface area contributed by atoms with Crippen LogP contribution in [0, 0.1) is 6.92 Å². The van der Waals surface area contributed by atoms with Crippen LogP contribution in [0.5, 0.6) is 5.75 Å². The molecule has 0 heterocycles. The SMILES string of the molecule is CCNC(=NCc1ccc(OC)c(C)c1)NCCOC. The van der Waals surface area contributed by atoms with E-state index >= 15 is 0 Å². The molecule has 0 aliphatic rings. The summed E-state index contributed by atoms with van der Waals surface area (Å²) in [6.45, 7) is 6.95. The lowest BCUT2D eigenvalue weighted by atomic mass is 10.1. The number of hydrogen-bond acceptors (Lipinski definition) is 3. The monoisotopic (exact) mass is 279 g/mol. The van der Waals surface area contributed by atoms with Gasteiger partial charge in [-0.25, -0.2) is 4.99 Å². The van der Waals surface area contributed by atoms with E-state index in [-0.39, 0.29) is 0 Å². The summed E-state index contributed by atoms with van der Waals surface area (Å²) in [7, 11) is 3.37. The van der Waals surface area contributed by atoms with E-state index in [0.29, 0.717) is 13.2 Å². The van der Waals surface area contributed by atoms with E-state index in [1.807, 2.05) is 26.0 Å². The lowest BCUT2D eigenvalue weighted by molar-refractivity contribution is 0.203. The van der Waals surface area contributed by atoms with Gasteiger partial charge in [0.25, 0.3) is 0 Å². The number of benzene rings is 1. The molecule has 0 aromatic heterocycles. The minimum Gasteiger partial charge on any atom is -0.496 e. The number of ether oxygens (including phenoxy) is 2. The molecule has 1 rings (SSSR count). The van der Waals surface area contributed by atoms with E-state index in [9.17, 15) is 0 Å². The molecule has 1 aromatic carbocycles. The van der Waals surface area contributed by atoms with E-state index in [0.717, 1.165) is 35.9 Å². The zero-order valence-electron chi connectivity index (χ0n) is 12.8. The van der Waals surface area contributed by atoms with Crippen molar-refractivity contribution >= 4 is 5.96 Å². The Labute approximate surface area is 121 Å². The Morgan fingerprint density at radius 2 is 2.05 bits per heavy atom. The van der Waals surface area contributed by atoms with Gasteiger partial charge in [0, 0.05) is 20.2 Å². The van der Waals surface area contributed by atoms with E-state index in [1.165, 1.54) is 0 Å². The number of aryl methyl sites for hydroxylation is 1. The summed E-state index contributed by atoms with van der Waals surface area (Å²) in [6, 6.07) is 6.11. The first kappa shape index (κ1) is 16.3. The second-order valence-electron chi connectivity index (χ2n) is 4.42.